The molecule has 0 saturated heterocycles. The number of nitrogens with zero attached hydrogens (tertiary/aromatic N) is 3. The van der Waals surface area contributed by atoms with Gasteiger partial charge in [-0.05, 0) is 65.6 Å². The number of benzene rings is 3. The second-order valence-electron chi connectivity index (χ2n) is 7.90. The molecule has 5 nitrogen and oxygen atoms in total. The van der Waals surface area contributed by atoms with Crippen molar-refractivity contribution in [3.05, 3.63) is 102 Å². The highest BCUT2D eigenvalue weighted by atomic mass is 16.5. The summed E-state index contributed by atoms with van der Waals surface area (Å²) in [5, 5.41) is 5.01. The maximum Gasteiger partial charge on any atom is 0.258 e. The van der Waals surface area contributed by atoms with E-state index in [1.807, 2.05) is 71.6 Å². The van der Waals surface area contributed by atoms with Gasteiger partial charge in [-0.25, -0.2) is 0 Å². The van der Waals surface area contributed by atoms with E-state index < -0.39 is 0 Å². The summed E-state index contributed by atoms with van der Waals surface area (Å²) in [7, 11) is 0. The van der Waals surface area contributed by atoms with Crippen molar-refractivity contribution in [3.8, 4) is 22.5 Å². The second-order valence-corrected chi connectivity index (χ2v) is 7.90. The zero-order valence-electron chi connectivity index (χ0n) is 17.2. The van der Waals surface area contributed by atoms with Gasteiger partial charge in [0, 0.05) is 35.8 Å². The van der Waals surface area contributed by atoms with Gasteiger partial charge in [-0.1, -0.05) is 41.6 Å². The van der Waals surface area contributed by atoms with Gasteiger partial charge in [0.1, 0.15) is 5.52 Å². The molecule has 0 atom stereocenters. The standard InChI is InChI=1S/C27H19N3O2/c31-27(22-6-8-24-23(17-22)26(32-29-24)19-4-2-1-3-5-19)30-15-12-21-16-20(7-9-25(21)30)18-10-13-28-14-11-18/h1-11,13-14,16-17H,12,15H2. The maximum absolute atomic E-state index is 13.4. The summed E-state index contributed by atoms with van der Waals surface area (Å²) in [5.74, 6) is 0.668. The summed E-state index contributed by atoms with van der Waals surface area (Å²) < 4.78 is 5.59. The Morgan fingerprint density at radius 1 is 0.844 bits per heavy atom. The molecule has 0 N–H and O–H groups in total. The molecule has 3 aromatic carbocycles. The van der Waals surface area contributed by atoms with Crippen LogP contribution in [0.4, 0.5) is 5.69 Å². The van der Waals surface area contributed by atoms with Crippen LogP contribution in [0.5, 0.6) is 0 Å². The molecular formula is C27H19N3O2. The van der Waals surface area contributed by atoms with Crippen LogP contribution in [0.2, 0.25) is 0 Å². The molecule has 2 aromatic heterocycles. The second kappa shape index (κ2) is 7.46. The van der Waals surface area contributed by atoms with Crippen molar-refractivity contribution in [3.63, 3.8) is 0 Å². The van der Waals surface area contributed by atoms with Crippen molar-refractivity contribution in [1.29, 1.82) is 0 Å². The first-order valence-corrected chi connectivity index (χ1v) is 10.6. The summed E-state index contributed by atoms with van der Waals surface area (Å²) in [6, 6.07) is 25.7. The summed E-state index contributed by atoms with van der Waals surface area (Å²) in [5.41, 5.74) is 6.73. The molecule has 1 amide bonds. The van der Waals surface area contributed by atoms with Gasteiger partial charge in [0.15, 0.2) is 5.76 Å². The number of amides is 1. The van der Waals surface area contributed by atoms with E-state index >= 15 is 0 Å². The fourth-order valence-electron chi connectivity index (χ4n) is 4.36. The minimum Gasteiger partial charge on any atom is -0.355 e. The number of hydrogen-bond donors (Lipinski definition) is 0. The van der Waals surface area contributed by atoms with Gasteiger partial charge in [0.05, 0.1) is 5.39 Å². The molecule has 0 saturated carbocycles. The lowest BCUT2D eigenvalue weighted by Gasteiger charge is -2.18. The Hall–Kier alpha value is -4.25. The molecule has 0 aliphatic carbocycles. The molecule has 0 radical (unpaired) electrons. The molecule has 154 valence electrons. The monoisotopic (exact) mass is 417 g/mol. The third-order valence-corrected chi connectivity index (χ3v) is 5.99. The predicted molar refractivity (Wildman–Crippen MR) is 124 cm³/mol. The number of rotatable bonds is 3. The molecule has 1 aliphatic rings. The van der Waals surface area contributed by atoms with E-state index in [0.717, 1.165) is 39.7 Å². The van der Waals surface area contributed by atoms with Crippen molar-refractivity contribution in [2.75, 3.05) is 11.4 Å². The minimum absolute atomic E-state index is 0.0116. The molecule has 6 rings (SSSR count). The molecule has 32 heavy (non-hydrogen) atoms. The molecular weight excluding hydrogens is 398 g/mol. The Morgan fingerprint density at radius 3 is 2.53 bits per heavy atom. The number of pyridine rings is 1. The van der Waals surface area contributed by atoms with Crippen molar-refractivity contribution in [2.45, 2.75) is 6.42 Å². The Labute approximate surface area is 184 Å². The van der Waals surface area contributed by atoms with Gasteiger partial charge < -0.3 is 9.42 Å². The molecule has 0 fully saturated rings. The number of hydrogen-bond acceptors (Lipinski definition) is 4. The number of aromatic nitrogens is 2. The van der Waals surface area contributed by atoms with Gasteiger partial charge in [-0.3, -0.25) is 9.78 Å². The van der Waals surface area contributed by atoms with Crippen LogP contribution in [0.25, 0.3) is 33.4 Å². The summed E-state index contributed by atoms with van der Waals surface area (Å²) in [6.45, 7) is 0.668. The molecule has 5 aromatic rings. The van der Waals surface area contributed by atoms with E-state index in [2.05, 4.69) is 22.3 Å². The molecule has 0 bridgehead atoms. The van der Waals surface area contributed by atoms with E-state index in [1.54, 1.807) is 12.4 Å². The Kier molecular flexibility index (Phi) is 4.32. The van der Waals surface area contributed by atoms with Crippen molar-refractivity contribution in [2.24, 2.45) is 0 Å². The first-order valence-electron chi connectivity index (χ1n) is 10.6. The van der Waals surface area contributed by atoms with Gasteiger partial charge in [-0.2, -0.15) is 0 Å². The van der Waals surface area contributed by atoms with E-state index in [-0.39, 0.29) is 5.91 Å². The van der Waals surface area contributed by atoms with Crippen LogP contribution < -0.4 is 4.90 Å². The van der Waals surface area contributed by atoms with Crippen molar-refractivity contribution >= 4 is 22.5 Å². The highest BCUT2D eigenvalue weighted by Gasteiger charge is 2.26. The molecule has 0 spiro atoms. The molecule has 5 heteroatoms. The molecule has 1 aliphatic heterocycles. The minimum atomic E-state index is -0.0116. The van der Waals surface area contributed by atoms with Crippen molar-refractivity contribution in [1.82, 2.24) is 10.1 Å². The summed E-state index contributed by atoms with van der Waals surface area (Å²) >= 11 is 0. The number of carbonyl (C=O) groups is 1. The number of carbonyl (C=O) groups excluding carboxylic acids is 1. The number of fused-ring (bicyclic) bond motifs is 2. The fraction of sp³-hybridized carbons (Fsp3) is 0.0741. The topological polar surface area (TPSA) is 59.2 Å². The van der Waals surface area contributed by atoms with Crippen LogP contribution >= 0.6 is 0 Å². The molecule has 3 heterocycles. The van der Waals surface area contributed by atoms with E-state index in [4.69, 9.17) is 4.52 Å². The van der Waals surface area contributed by atoms with Gasteiger partial charge in [0.25, 0.3) is 5.91 Å². The predicted octanol–water partition coefficient (Wildman–Crippen LogP) is 5.76. The van der Waals surface area contributed by atoms with Crippen LogP contribution in [0.1, 0.15) is 15.9 Å². The quantitative estimate of drug-likeness (QED) is 0.374. The highest BCUT2D eigenvalue weighted by Crippen LogP contribution is 2.34. The smallest absolute Gasteiger partial charge is 0.258 e. The van der Waals surface area contributed by atoms with Crippen molar-refractivity contribution < 1.29 is 9.32 Å². The van der Waals surface area contributed by atoms with Crippen LogP contribution in [0.3, 0.4) is 0 Å². The average Bonchev–Trinajstić information content (AvgIpc) is 3.48. The Morgan fingerprint density at radius 2 is 1.69 bits per heavy atom. The third kappa shape index (κ3) is 3.06. The van der Waals surface area contributed by atoms with Crippen LogP contribution in [-0.4, -0.2) is 22.6 Å². The zero-order valence-corrected chi connectivity index (χ0v) is 17.2. The average molecular weight is 417 g/mol. The molecule has 0 unspecified atom stereocenters. The van der Waals surface area contributed by atoms with Gasteiger partial charge >= 0.3 is 0 Å². The Balaban J connectivity index is 1.34. The first-order chi connectivity index (χ1) is 15.8. The normalized spacial score (nSPS) is 12.8. The first kappa shape index (κ1) is 18.5. The zero-order chi connectivity index (χ0) is 21.5. The summed E-state index contributed by atoms with van der Waals surface area (Å²) in [4.78, 5) is 19.4. The van der Waals surface area contributed by atoms with E-state index in [1.165, 1.54) is 5.56 Å². The number of anilines is 1. The SMILES string of the molecule is O=C(c1ccc2noc(-c3ccccc3)c2c1)N1CCc2cc(-c3ccncc3)ccc21. The van der Waals surface area contributed by atoms with E-state index in [9.17, 15) is 4.79 Å². The maximum atomic E-state index is 13.4. The van der Waals surface area contributed by atoms with Gasteiger partial charge in [-0.15, -0.1) is 0 Å². The largest absolute Gasteiger partial charge is 0.355 e. The summed E-state index contributed by atoms with van der Waals surface area (Å²) in [6.07, 6.45) is 4.43. The lowest BCUT2D eigenvalue weighted by atomic mass is 10.0. The Bertz CT molecular complexity index is 1440. The lowest BCUT2D eigenvalue weighted by molar-refractivity contribution is 0.0989. The fourth-order valence-corrected chi connectivity index (χ4v) is 4.36. The van der Waals surface area contributed by atoms with Crippen LogP contribution in [0.15, 0.2) is 95.8 Å². The highest BCUT2D eigenvalue weighted by molar-refractivity contribution is 6.09. The van der Waals surface area contributed by atoms with Crippen LogP contribution in [0, 0.1) is 0 Å². The van der Waals surface area contributed by atoms with Gasteiger partial charge in [0.2, 0.25) is 0 Å². The lowest BCUT2D eigenvalue weighted by Crippen LogP contribution is -2.28. The third-order valence-electron chi connectivity index (χ3n) is 5.99. The van der Waals surface area contributed by atoms with Crippen LogP contribution in [-0.2, 0) is 6.42 Å². The van der Waals surface area contributed by atoms with E-state index in [0.29, 0.717) is 17.9 Å².